The summed E-state index contributed by atoms with van der Waals surface area (Å²) in [5.74, 6) is 0.763. The molecule has 1 N–H and O–H groups in total. The predicted octanol–water partition coefficient (Wildman–Crippen LogP) is 4.96. The van der Waals surface area contributed by atoms with Gasteiger partial charge in [-0.15, -0.1) is 0 Å². The van der Waals surface area contributed by atoms with Gasteiger partial charge in [0.25, 0.3) is 0 Å². The topological polar surface area (TPSA) is 12.0 Å². The number of halogens is 1. The molecule has 20 heavy (non-hydrogen) atoms. The van der Waals surface area contributed by atoms with E-state index < -0.39 is 0 Å². The Kier molecular flexibility index (Phi) is 4.79. The average Bonchev–Trinajstić information content (AvgIpc) is 2.86. The Balaban J connectivity index is 1.46. The van der Waals surface area contributed by atoms with Crippen molar-refractivity contribution in [2.75, 3.05) is 12.8 Å². The van der Waals surface area contributed by atoms with E-state index in [4.69, 9.17) is 0 Å². The normalized spacial score (nSPS) is 28.3. The summed E-state index contributed by atoms with van der Waals surface area (Å²) in [6, 6.07) is 9.55. The molecule has 1 nitrogen and oxygen atoms in total. The van der Waals surface area contributed by atoms with Gasteiger partial charge in [-0.1, -0.05) is 40.9 Å². The first-order chi connectivity index (χ1) is 9.71. The summed E-state index contributed by atoms with van der Waals surface area (Å²) < 4.78 is 1.75. The van der Waals surface area contributed by atoms with Gasteiger partial charge in [-0.05, 0) is 55.6 Å². The fourth-order valence-corrected chi connectivity index (χ4v) is 4.96. The molecule has 0 saturated heterocycles. The molecule has 2 aliphatic rings. The molecule has 0 aromatic heterocycles. The second-order valence-corrected chi connectivity index (χ2v) is 8.59. The van der Waals surface area contributed by atoms with E-state index in [0.29, 0.717) is 4.75 Å². The molecule has 0 heterocycles. The summed E-state index contributed by atoms with van der Waals surface area (Å²) in [6.07, 6.45) is 10.6. The van der Waals surface area contributed by atoms with Crippen molar-refractivity contribution >= 4 is 27.7 Å². The Morgan fingerprint density at radius 1 is 1.30 bits per heavy atom. The van der Waals surface area contributed by atoms with Crippen LogP contribution in [0.4, 0.5) is 0 Å². The number of hydrogen-bond donors (Lipinski definition) is 1. The summed E-state index contributed by atoms with van der Waals surface area (Å²) in [5, 5.41) is 3.83. The summed E-state index contributed by atoms with van der Waals surface area (Å²) in [4.78, 5) is 0. The number of thioether (sulfide) groups is 1. The average molecular weight is 354 g/mol. The van der Waals surface area contributed by atoms with Crippen LogP contribution >= 0.6 is 27.7 Å². The third-order valence-electron chi connectivity index (χ3n) is 5.12. The lowest BCUT2D eigenvalue weighted by Gasteiger charge is -2.39. The molecule has 0 spiro atoms. The van der Waals surface area contributed by atoms with Gasteiger partial charge in [-0.2, -0.15) is 11.8 Å². The van der Waals surface area contributed by atoms with Crippen LogP contribution in [0.15, 0.2) is 28.7 Å². The van der Waals surface area contributed by atoms with Crippen LogP contribution in [0.5, 0.6) is 0 Å². The minimum absolute atomic E-state index is 0.543. The highest BCUT2D eigenvalue weighted by Crippen LogP contribution is 2.41. The maximum absolute atomic E-state index is 3.83. The lowest BCUT2D eigenvalue weighted by molar-refractivity contribution is 0.282. The molecule has 0 atom stereocenters. The van der Waals surface area contributed by atoms with Gasteiger partial charge < -0.3 is 5.32 Å². The van der Waals surface area contributed by atoms with Crippen molar-refractivity contribution in [3.05, 3.63) is 34.3 Å². The first kappa shape index (κ1) is 14.9. The highest BCUT2D eigenvalue weighted by atomic mass is 79.9. The zero-order valence-electron chi connectivity index (χ0n) is 12.2. The van der Waals surface area contributed by atoms with Crippen molar-refractivity contribution in [1.82, 2.24) is 5.32 Å². The molecule has 0 aliphatic heterocycles. The van der Waals surface area contributed by atoms with E-state index >= 15 is 0 Å². The van der Waals surface area contributed by atoms with E-state index in [1.165, 1.54) is 55.1 Å². The van der Waals surface area contributed by atoms with Gasteiger partial charge in [-0.25, -0.2) is 0 Å². The predicted molar refractivity (Wildman–Crippen MR) is 92.6 cm³/mol. The maximum Gasteiger partial charge on any atom is 0.0281 e. The van der Waals surface area contributed by atoms with Crippen LogP contribution in [-0.2, 0) is 0 Å². The lowest BCUT2D eigenvalue weighted by atomic mass is 9.76. The molecule has 3 rings (SSSR count). The summed E-state index contributed by atoms with van der Waals surface area (Å²) >= 11 is 5.66. The van der Waals surface area contributed by atoms with Gasteiger partial charge in [0.15, 0.2) is 0 Å². The molecule has 0 bridgehead atoms. The standard InChI is InChI=1S/C17H24BrNS/c1-20-17(7-2-3-8-17)12-19-16-10-14(11-16)13-5-4-6-15(18)9-13/h4-6,9,14,16,19H,2-3,7-8,10-12H2,1H3. The molecule has 1 aromatic carbocycles. The minimum Gasteiger partial charge on any atom is -0.313 e. The van der Waals surface area contributed by atoms with Crippen molar-refractivity contribution < 1.29 is 0 Å². The maximum atomic E-state index is 3.83. The molecule has 2 aliphatic carbocycles. The molecule has 0 radical (unpaired) electrons. The Hall–Kier alpha value is 0.01000. The van der Waals surface area contributed by atoms with Crippen LogP contribution in [0.3, 0.4) is 0 Å². The fraction of sp³-hybridized carbons (Fsp3) is 0.647. The number of hydrogen-bond acceptors (Lipinski definition) is 2. The first-order valence-electron chi connectivity index (χ1n) is 7.75. The van der Waals surface area contributed by atoms with Crippen LogP contribution in [0.1, 0.15) is 50.0 Å². The molecule has 2 saturated carbocycles. The first-order valence-corrected chi connectivity index (χ1v) is 9.77. The summed E-state index contributed by atoms with van der Waals surface area (Å²) in [7, 11) is 0. The monoisotopic (exact) mass is 353 g/mol. The second-order valence-electron chi connectivity index (χ2n) is 6.40. The van der Waals surface area contributed by atoms with Gasteiger partial charge in [-0.3, -0.25) is 0 Å². The quantitative estimate of drug-likeness (QED) is 0.802. The lowest BCUT2D eigenvalue weighted by Crippen LogP contribution is -2.46. The van der Waals surface area contributed by atoms with Crippen molar-refractivity contribution in [2.24, 2.45) is 0 Å². The third-order valence-corrected chi connectivity index (χ3v) is 7.03. The number of benzene rings is 1. The highest BCUT2D eigenvalue weighted by Gasteiger charge is 2.36. The SMILES string of the molecule is CSC1(CNC2CC(c3cccc(Br)c3)C2)CCCC1. The molecule has 0 amide bonds. The van der Waals surface area contributed by atoms with E-state index in [-0.39, 0.29) is 0 Å². The van der Waals surface area contributed by atoms with Gasteiger partial charge in [0, 0.05) is 21.8 Å². The summed E-state index contributed by atoms with van der Waals surface area (Å²) in [5.41, 5.74) is 1.50. The Morgan fingerprint density at radius 2 is 2.05 bits per heavy atom. The van der Waals surface area contributed by atoms with E-state index in [1.807, 2.05) is 0 Å². The fourth-order valence-electron chi connectivity index (χ4n) is 3.62. The second kappa shape index (κ2) is 6.41. The van der Waals surface area contributed by atoms with Crippen molar-refractivity contribution in [2.45, 2.75) is 55.2 Å². The molecule has 1 aromatic rings. The zero-order valence-corrected chi connectivity index (χ0v) is 14.6. The van der Waals surface area contributed by atoms with Gasteiger partial charge in [0.2, 0.25) is 0 Å². The molecule has 0 unspecified atom stereocenters. The molecule has 110 valence electrons. The van der Waals surface area contributed by atoms with Crippen LogP contribution in [-0.4, -0.2) is 23.6 Å². The minimum atomic E-state index is 0.543. The molecular weight excluding hydrogens is 330 g/mol. The van der Waals surface area contributed by atoms with E-state index in [0.717, 1.165) is 12.0 Å². The van der Waals surface area contributed by atoms with Crippen LogP contribution < -0.4 is 5.32 Å². The molecule has 3 heteroatoms. The largest absolute Gasteiger partial charge is 0.313 e. The van der Waals surface area contributed by atoms with Crippen LogP contribution in [0.25, 0.3) is 0 Å². The van der Waals surface area contributed by atoms with Gasteiger partial charge in [0.1, 0.15) is 0 Å². The van der Waals surface area contributed by atoms with Crippen LogP contribution in [0, 0.1) is 0 Å². The molecular formula is C17H24BrNS. The van der Waals surface area contributed by atoms with E-state index in [1.54, 1.807) is 0 Å². The molecule has 2 fully saturated rings. The Labute approximate surface area is 135 Å². The third kappa shape index (κ3) is 3.26. The van der Waals surface area contributed by atoms with E-state index in [2.05, 4.69) is 63.5 Å². The Bertz CT molecular complexity index is 450. The Morgan fingerprint density at radius 3 is 2.70 bits per heavy atom. The smallest absolute Gasteiger partial charge is 0.0281 e. The van der Waals surface area contributed by atoms with Crippen molar-refractivity contribution in [1.29, 1.82) is 0 Å². The summed E-state index contributed by atoms with van der Waals surface area (Å²) in [6.45, 7) is 1.21. The van der Waals surface area contributed by atoms with Gasteiger partial charge >= 0.3 is 0 Å². The number of rotatable bonds is 5. The zero-order chi connectivity index (χ0) is 14.0. The van der Waals surface area contributed by atoms with Crippen LogP contribution in [0.2, 0.25) is 0 Å². The van der Waals surface area contributed by atoms with E-state index in [9.17, 15) is 0 Å². The highest BCUT2D eigenvalue weighted by molar-refractivity contribution is 9.10. The number of nitrogens with one attached hydrogen (secondary N) is 1. The van der Waals surface area contributed by atoms with Crippen molar-refractivity contribution in [3.8, 4) is 0 Å². The van der Waals surface area contributed by atoms with Crippen molar-refractivity contribution in [3.63, 3.8) is 0 Å². The van der Waals surface area contributed by atoms with Gasteiger partial charge in [0.05, 0.1) is 0 Å².